The van der Waals surface area contributed by atoms with Crippen LogP contribution in [0.15, 0.2) is 42.5 Å². The molecule has 1 amide bonds. The van der Waals surface area contributed by atoms with Gasteiger partial charge in [0.2, 0.25) is 5.91 Å². The quantitative estimate of drug-likeness (QED) is 0.676. The smallest absolute Gasteiger partial charge is 0.229 e. The van der Waals surface area contributed by atoms with Crippen molar-refractivity contribution in [3.05, 3.63) is 48.3 Å². The van der Waals surface area contributed by atoms with Crippen molar-refractivity contribution in [1.82, 2.24) is 4.98 Å². The zero-order valence-electron chi connectivity index (χ0n) is 15.7. The number of hydrogen-bond donors (Lipinski definition) is 1. The molecule has 5 nitrogen and oxygen atoms in total. The Bertz CT molecular complexity index is 973. The zero-order valence-corrected chi connectivity index (χ0v) is 16.5. The molecule has 1 atom stereocenters. The molecule has 28 heavy (non-hydrogen) atoms. The molecule has 1 fully saturated rings. The first kappa shape index (κ1) is 18.7. The van der Waals surface area contributed by atoms with Gasteiger partial charge in [0.1, 0.15) is 17.1 Å². The highest BCUT2D eigenvalue weighted by Gasteiger charge is 2.27. The monoisotopic (exact) mass is 399 g/mol. The molecule has 1 saturated heterocycles. The van der Waals surface area contributed by atoms with E-state index in [2.05, 4.69) is 15.2 Å². The maximum absolute atomic E-state index is 13.9. The van der Waals surface area contributed by atoms with Crippen molar-refractivity contribution < 1.29 is 13.9 Å². The largest absolute Gasteiger partial charge is 0.494 e. The number of nitrogens with zero attached hydrogens (tertiary/aromatic N) is 2. The SMILES string of the molecule is CCOc1ccc(NC(=O)C2CCCN(c3nc4c(F)cccc4s3)C2)cc1. The van der Waals surface area contributed by atoms with Crippen molar-refractivity contribution in [3.8, 4) is 5.75 Å². The lowest BCUT2D eigenvalue weighted by Crippen LogP contribution is -2.40. The highest BCUT2D eigenvalue weighted by atomic mass is 32.1. The van der Waals surface area contributed by atoms with Gasteiger partial charge in [-0.15, -0.1) is 0 Å². The molecule has 146 valence electrons. The summed E-state index contributed by atoms with van der Waals surface area (Å²) in [7, 11) is 0. The van der Waals surface area contributed by atoms with Crippen LogP contribution in [0.2, 0.25) is 0 Å². The van der Waals surface area contributed by atoms with Crippen LogP contribution in [-0.2, 0) is 4.79 Å². The maximum atomic E-state index is 13.9. The lowest BCUT2D eigenvalue weighted by molar-refractivity contribution is -0.120. The molecule has 0 radical (unpaired) electrons. The van der Waals surface area contributed by atoms with Gasteiger partial charge in [-0.05, 0) is 56.2 Å². The van der Waals surface area contributed by atoms with Gasteiger partial charge in [0.25, 0.3) is 0 Å². The van der Waals surface area contributed by atoms with Gasteiger partial charge in [-0.3, -0.25) is 4.79 Å². The number of halogens is 1. The number of carbonyl (C=O) groups excluding carboxylic acids is 1. The fourth-order valence-corrected chi connectivity index (χ4v) is 4.46. The second-order valence-electron chi connectivity index (χ2n) is 6.81. The molecule has 3 aromatic rings. The number of anilines is 2. The van der Waals surface area contributed by atoms with E-state index in [0.717, 1.165) is 40.7 Å². The van der Waals surface area contributed by atoms with Crippen molar-refractivity contribution in [2.24, 2.45) is 5.92 Å². The average molecular weight is 399 g/mol. The first-order valence-corrected chi connectivity index (χ1v) is 10.3. The topological polar surface area (TPSA) is 54.5 Å². The molecule has 1 aromatic heterocycles. The number of ether oxygens (including phenoxy) is 1. The predicted molar refractivity (Wildman–Crippen MR) is 111 cm³/mol. The van der Waals surface area contributed by atoms with Crippen LogP contribution < -0.4 is 15.0 Å². The summed E-state index contributed by atoms with van der Waals surface area (Å²) < 4.78 is 20.2. The summed E-state index contributed by atoms with van der Waals surface area (Å²) in [5, 5.41) is 3.77. The van der Waals surface area contributed by atoms with Crippen LogP contribution in [0.4, 0.5) is 15.2 Å². The summed E-state index contributed by atoms with van der Waals surface area (Å²) in [5.74, 6) is 0.354. The first-order valence-electron chi connectivity index (χ1n) is 9.48. The molecule has 7 heteroatoms. The number of carbonyl (C=O) groups is 1. The van der Waals surface area contributed by atoms with Gasteiger partial charge in [0.05, 0.1) is 17.2 Å². The van der Waals surface area contributed by atoms with Gasteiger partial charge in [-0.2, -0.15) is 0 Å². The van der Waals surface area contributed by atoms with Crippen LogP contribution in [0.5, 0.6) is 5.75 Å². The molecule has 2 heterocycles. The van der Waals surface area contributed by atoms with E-state index in [1.54, 1.807) is 6.07 Å². The fourth-order valence-electron chi connectivity index (χ4n) is 3.45. The van der Waals surface area contributed by atoms with Gasteiger partial charge in [0.15, 0.2) is 5.13 Å². The summed E-state index contributed by atoms with van der Waals surface area (Å²) in [6, 6.07) is 12.4. The molecule has 1 N–H and O–H groups in total. The highest BCUT2D eigenvalue weighted by molar-refractivity contribution is 7.22. The van der Waals surface area contributed by atoms with E-state index in [1.165, 1.54) is 17.4 Å². The summed E-state index contributed by atoms with van der Waals surface area (Å²) >= 11 is 1.47. The Labute approximate surface area is 167 Å². The van der Waals surface area contributed by atoms with Gasteiger partial charge >= 0.3 is 0 Å². The second kappa shape index (κ2) is 8.14. The standard InChI is InChI=1S/C21H22FN3O2S/c1-2-27-16-10-8-15(9-11-16)23-20(26)14-5-4-12-25(13-14)21-24-19-17(22)6-3-7-18(19)28-21/h3,6-11,14H,2,4-5,12-13H2,1H3,(H,23,26). The average Bonchev–Trinajstić information content (AvgIpc) is 3.16. The number of thiazole rings is 1. The van der Waals surface area contributed by atoms with Crippen LogP contribution in [0.3, 0.4) is 0 Å². The van der Waals surface area contributed by atoms with E-state index in [9.17, 15) is 9.18 Å². The molecule has 0 bridgehead atoms. The molecular weight excluding hydrogens is 377 g/mol. The second-order valence-corrected chi connectivity index (χ2v) is 7.82. The minimum Gasteiger partial charge on any atom is -0.494 e. The molecule has 1 aliphatic heterocycles. The Morgan fingerprint density at radius 3 is 2.89 bits per heavy atom. The Hall–Kier alpha value is -2.67. The molecule has 1 aliphatic rings. The van der Waals surface area contributed by atoms with Gasteiger partial charge in [0, 0.05) is 18.8 Å². The number of hydrogen-bond acceptors (Lipinski definition) is 5. The Balaban J connectivity index is 1.43. The van der Waals surface area contributed by atoms with Crippen LogP contribution in [0, 0.1) is 11.7 Å². The number of amides is 1. The van der Waals surface area contributed by atoms with Gasteiger partial charge in [-0.25, -0.2) is 9.37 Å². The van der Waals surface area contributed by atoms with Crippen molar-refractivity contribution in [1.29, 1.82) is 0 Å². The summed E-state index contributed by atoms with van der Waals surface area (Å²) in [6.45, 7) is 3.96. The third kappa shape index (κ3) is 3.94. The summed E-state index contributed by atoms with van der Waals surface area (Å²) in [4.78, 5) is 19.3. The Morgan fingerprint density at radius 1 is 1.32 bits per heavy atom. The number of para-hydroxylation sites is 1. The number of nitrogens with one attached hydrogen (secondary N) is 1. The van der Waals surface area contributed by atoms with Crippen molar-refractivity contribution in [2.75, 3.05) is 29.9 Å². The summed E-state index contributed by atoms with van der Waals surface area (Å²) in [5.41, 5.74) is 1.16. The van der Waals surface area contributed by atoms with Gasteiger partial charge < -0.3 is 15.0 Å². The van der Waals surface area contributed by atoms with Crippen LogP contribution in [0.1, 0.15) is 19.8 Å². The van der Waals surface area contributed by atoms with Crippen molar-refractivity contribution in [2.45, 2.75) is 19.8 Å². The van der Waals surface area contributed by atoms with E-state index < -0.39 is 0 Å². The third-order valence-corrected chi connectivity index (χ3v) is 5.94. The first-order chi connectivity index (χ1) is 13.6. The molecule has 0 aliphatic carbocycles. The van der Waals surface area contributed by atoms with E-state index >= 15 is 0 Å². The van der Waals surface area contributed by atoms with Crippen LogP contribution in [-0.4, -0.2) is 30.6 Å². The number of piperidine rings is 1. The number of benzene rings is 2. The molecule has 4 rings (SSSR count). The zero-order chi connectivity index (χ0) is 19.5. The number of fused-ring (bicyclic) bond motifs is 1. The summed E-state index contributed by atoms with van der Waals surface area (Å²) in [6.07, 6.45) is 1.73. The minimum absolute atomic E-state index is 0.00107. The van der Waals surface area contributed by atoms with Crippen molar-refractivity contribution in [3.63, 3.8) is 0 Å². The number of rotatable bonds is 5. The van der Waals surface area contributed by atoms with E-state index in [-0.39, 0.29) is 17.6 Å². The number of aromatic nitrogens is 1. The Kier molecular flexibility index (Phi) is 5.43. The third-order valence-electron chi connectivity index (χ3n) is 4.85. The fraction of sp³-hybridized carbons (Fsp3) is 0.333. The normalized spacial score (nSPS) is 16.9. The predicted octanol–water partition coefficient (Wildman–Crippen LogP) is 4.69. The maximum Gasteiger partial charge on any atom is 0.229 e. The molecule has 0 spiro atoms. The molecule has 0 saturated carbocycles. The lowest BCUT2D eigenvalue weighted by Gasteiger charge is -2.31. The van der Waals surface area contributed by atoms with Gasteiger partial charge in [-0.1, -0.05) is 17.4 Å². The van der Waals surface area contributed by atoms with Crippen molar-refractivity contribution >= 4 is 38.3 Å². The molecule has 1 unspecified atom stereocenters. The molecular formula is C21H22FN3O2S. The highest BCUT2D eigenvalue weighted by Crippen LogP contribution is 2.33. The van der Waals surface area contributed by atoms with E-state index in [4.69, 9.17) is 4.74 Å². The Morgan fingerprint density at radius 2 is 2.14 bits per heavy atom. The van der Waals surface area contributed by atoms with Crippen LogP contribution >= 0.6 is 11.3 Å². The van der Waals surface area contributed by atoms with E-state index in [1.807, 2.05) is 37.3 Å². The van der Waals surface area contributed by atoms with Crippen LogP contribution in [0.25, 0.3) is 10.2 Å². The van der Waals surface area contributed by atoms with E-state index in [0.29, 0.717) is 18.7 Å². The minimum atomic E-state index is -0.304. The lowest BCUT2D eigenvalue weighted by atomic mass is 9.97. The molecule has 2 aromatic carbocycles.